The molecule has 0 amide bonds. The lowest BCUT2D eigenvalue weighted by Crippen LogP contribution is -2.96. The first kappa shape index (κ1) is 43.4. The molecular weight excluding hydrogens is 749 g/mol. The highest BCUT2D eigenvalue weighted by molar-refractivity contribution is 6.24. The van der Waals surface area contributed by atoms with Gasteiger partial charge in [0.15, 0.2) is 0 Å². The third kappa shape index (κ3) is 13.4. The standard InChI is InChI=1S/3C18H15N.BO3/c3*1-4-10-16(11-5-1)19(17-12-6-2-7-13-17)18-14-8-3-9-15-18;2-1(3)4/h3*1-15H;/q;;;-3/p+3. The Morgan fingerprint density at radius 3 is 0.344 bits per heavy atom. The van der Waals surface area contributed by atoms with Crippen molar-refractivity contribution >= 4 is 58.5 Å². The van der Waals surface area contributed by atoms with E-state index in [1.165, 1.54) is 65.9 Å². The van der Waals surface area contributed by atoms with E-state index in [0.717, 1.165) is 0 Å². The highest BCUT2D eigenvalue weighted by Gasteiger charge is 2.19. The normalized spacial score (nSPS) is 10.3. The predicted molar refractivity (Wildman–Crippen MR) is 244 cm³/mol. The van der Waals surface area contributed by atoms with Gasteiger partial charge in [0.25, 0.3) is 0 Å². The van der Waals surface area contributed by atoms with Crippen LogP contribution in [0, 0.1) is 0 Å². The highest BCUT2D eigenvalue weighted by Crippen LogP contribution is 2.17. The van der Waals surface area contributed by atoms with Crippen molar-refractivity contribution in [2.75, 3.05) is 0 Å². The maximum absolute atomic E-state index is 8.42. The van der Waals surface area contributed by atoms with E-state index in [0.29, 0.717) is 0 Å². The first-order valence-corrected chi connectivity index (χ1v) is 20.2. The molecule has 9 aromatic carbocycles. The fourth-order valence-corrected chi connectivity index (χ4v) is 6.94. The third-order valence-electron chi connectivity index (χ3n) is 9.56. The molecule has 6 nitrogen and oxygen atoms in total. The lowest BCUT2D eigenvalue weighted by atomic mass is 10.2. The molecule has 0 saturated heterocycles. The van der Waals surface area contributed by atoms with E-state index in [1.807, 2.05) is 0 Å². The maximum atomic E-state index is 8.42. The van der Waals surface area contributed by atoms with Crippen molar-refractivity contribution in [3.05, 3.63) is 273 Å². The molecule has 0 bridgehead atoms. The second kappa shape index (κ2) is 24.0. The van der Waals surface area contributed by atoms with Gasteiger partial charge in [0, 0.05) is 0 Å². The zero-order valence-corrected chi connectivity index (χ0v) is 33.8. The summed E-state index contributed by atoms with van der Waals surface area (Å²) in [5.41, 5.74) is 11.2. The Hall–Kier alpha value is -7.20. The van der Waals surface area contributed by atoms with Crippen LogP contribution in [0.1, 0.15) is 0 Å². The average Bonchev–Trinajstić information content (AvgIpc) is 3.33. The van der Waals surface area contributed by atoms with Gasteiger partial charge in [-0.25, -0.2) is 14.7 Å². The quantitative estimate of drug-likeness (QED) is 0.131. The van der Waals surface area contributed by atoms with Gasteiger partial charge in [0.2, 0.25) is 0 Å². The summed E-state index contributed by atoms with van der Waals surface area (Å²) in [4.78, 5) is 3.84. The number of rotatable bonds is 9. The molecule has 0 radical (unpaired) electrons. The molecule has 9 aromatic rings. The Morgan fingerprint density at radius 2 is 0.262 bits per heavy atom. The summed E-state index contributed by atoms with van der Waals surface area (Å²) in [5, 5.41) is 25.2. The molecule has 0 saturated carbocycles. The summed E-state index contributed by atoms with van der Waals surface area (Å²) in [5.74, 6) is 0. The highest BCUT2D eigenvalue weighted by atomic mass is 16.5. The summed E-state index contributed by atoms with van der Waals surface area (Å²) in [6, 6.07) is 94.9. The van der Waals surface area contributed by atoms with Crippen LogP contribution < -0.4 is 29.8 Å². The van der Waals surface area contributed by atoms with Crippen molar-refractivity contribution in [1.29, 1.82) is 0 Å². The summed E-state index contributed by atoms with van der Waals surface area (Å²) in [7, 11) is -2.92. The summed E-state index contributed by atoms with van der Waals surface area (Å²) in [6.07, 6.45) is 0. The van der Waals surface area contributed by atoms with Crippen LogP contribution in [0.2, 0.25) is 0 Å². The van der Waals surface area contributed by atoms with Gasteiger partial charge in [-0.3, -0.25) is 7.32 Å². The SMILES string of the molecule is [O-]B([O-])[O-].c1ccc([NH+](c2ccccc2)c2ccccc2)cc1.c1ccc([NH+](c2ccccc2)c2ccccc2)cc1.c1ccc([NH+](c2ccccc2)c2ccccc2)cc1. The summed E-state index contributed by atoms with van der Waals surface area (Å²) in [6.45, 7) is 0. The van der Waals surface area contributed by atoms with E-state index in [1.54, 1.807) is 0 Å². The molecule has 0 aromatic heterocycles. The number of benzene rings is 9. The Morgan fingerprint density at radius 1 is 0.180 bits per heavy atom. The van der Waals surface area contributed by atoms with E-state index in [2.05, 4.69) is 273 Å². The van der Waals surface area contributed by atoms with Crippen LogP contribution in [0.3, 0.4) is 0 Å². The van der Waals surface area contributed by atoms with Crippen LogP contribution in [-0.2, 0) is 0 Å². The van der Waals surface area contributed by atoms with Crippen LogP contribution in [0.15, 0.2) is 273 Å². The van der Waals surface area contributed by atoms with Crippen molar-refractivity contribution in [3.63, 3.8) is 0 Å². The van der Waals surface area contributed by atoms with Gasteiger partial charge in [-0.15, -0.1) is 0 Å². The smallest absolute Gasteiger partial charge is 0.141 e. The molecule has 0 fully saturated rings. The van der Waals surface area contributed by atoms with Crippen molar-refractivity contribution in [2.45, 2.75) is 0 Å². The monoisotopic (exact) mass is 797 g/mol. The van der Waals surface area contributed by atoms with Crippen LogP contribution in [0.25, 0.3) is 0 Å². The fourth-order valence-electron chi connectivity index (χ4n) is 6.94. The lowest BCUT2D eigenvalue weighted by molar-refractivity contribution is -0.681. The number of para-hydroxylation sites is 9. The number of quaternary nitrogens is 3. The zero-order valence-electron chi connectivity index (χ0n) is 33.8. The van der Waals surface area contributed by atoms with E-state index in [4.69, 9.17) is 15.1 Å². The average molecular weight is 798 g/mol. The van der Waals surface area contributed by atoms with Crippen LogP contribution in [0.5, 0.6) is 0 Å². The molecule has 0 atom stereocenters. The first-order chi connectivity index (χ1) is 30.1. The van der Waals surface area contributed by atoms with Gasteiger partial charge in [0.05, 0.1) is 0 Å². The van der Waals surface area contributed by atoms with Gasteiger partial charge in [0.1, 0.15) is 51.2 Å². The van der Waals surface area contributed by atoms with Crippen LogP contribution >= 0.6 is 0 Å². The summed E-state index contributed by atoms with van der Waals surface area (Å²) < 4.78 is 0. The lowest BCUT2D eigenvalue weighted by Gasteiger charge is -2.35. The second-order valence-electron chi connectivity index (χ2n) is 13.7. The maximum Gasteiger partial charge on any atom is 0.141 e. The molecule has 0 spiro atoms. The van der Waals surface area contributed by atoms with Gasteiger partial charge in [-0.2, -0.15) is 0 Å². The molecule has 0 aliphatic carbocycles. The molecule has 9 rings (SSSR count). The first-order valence-electron chi connectivity index (χ1n) is 20.2. The number of nitrogens with one attached hydrogen (secondary N) is 3. The second-order valence-corrected chi connectivity index (χ2v) is 13.7. The Kier molecular flexibility index (Phi) is 17.1. The van der Waals surface area contributed by atoms with Crippen LogP contribution in [-0.4, -0.2) is 7.32 Å². The van der Waals surface area contributed by atoms with Crippen LogP contribution in [0.4, 0.5) is 51.2 Å². The summed E-state index contributed by atoms with van der Waals surface area (Å²) >= 11 is 0. The number of hydrogen-bond donors (Lipinski definition) is 3. The van der Waals surface area contributed by atoms with Gasteiger partial charge < -0.3 is 15.1 Å². The van der Waals surface area contributed by atoms with Crippen molar-refractivity contribution in [3.8, 4) is 0 Å². The predicted octanol–water partition coefficient (Wildman–Crippen LogP) is 7.65. The molecule has 300 valence electrons. The third-order valence-corrected chi connectivity index (χ3v) is 9.56. The Bertz CT molecular complexity index is 1930. The minimum atomic E-state index is -2.92. The van der Waals surface area contributed by atoms with Crippen molar-refractivity contribution in [1.82, 2.24) is 0 Å². The van der Waals surface area contributed by atoms with Gasteiger partial charge in [-0.1, -0.05) is 164 Å². The Labute approximate surface area is 359 Å². The van der Waals surface area contributed by atoms with Gasteiger partial charge >= 0.3 is 0 Å². The van der Waals surface area contributed by atoms with Crippen molar-refractivity contribution < 1.29 is 29.8 Å². The molecule has 0 unspecified atom stereocenters. The van der Waals surface area contributed by atoms with E-state index in [-0.39, 0.29) is 0 Å². The zero-order chi connectivity index (χ0) is 42.3. The molecule has 0 heterocycles. The van der Waals surface area contributed by atoms with Crippen molar-refractivity contribution in [2.24, 2.45) is 0 Å². The van der Waals surface area contributed by atoms with E-state index in [9.17, 15) is 0 Å². The Balaban J connectivity index is 0.000000146. The number of hydrogen-bond acceptors (Lipinski definition) is 3. The van der Waals surface area contributed by atoms with E-state index >= 15 is 0 Å². The molecule has 0 aliphatic rings. The topological polar surface area (TPSA) is 82.5 Å². The fraction of sp³-hybridized carbons (Fsp3) is 0. The molecule has 7 heteroatoms. The largest absolute Gasteiger partial charge is 0.907 e. The minimum Gasteiger partial charge on any atom is -0.907 e. The molecule has 0 aliphatic heterocycles. The van der Waals surface area contributed by atoms with E-state index < -0.39 is 7.32 Å². The van der Waals surface area contributed by atoms with Gasteiger partial charge in [-0.05, 0) is 109 Å². The molecular formula is C54H48BN3O3. The molecule has 61 heavy (non-hydrogen) atoms. The molecule has 3 N–H and O–H groups in total. The minimum absolute atomic E-state index is 1.25.